The Kier molecular flexibility index (Phi) is 3.98. The number of benzene rings is 1. The molecular formula is C13H14N4O. The predicted octanol–water partition coefficient (Wildman–Crippen LogP) is 1.23. The molecule has 0 aliphatic carbocycles. The molecule has 5 heteroatoms. The van der Waals surface area contributed by atoms with Crippen LogP contribution in [0.5, 0.6) is 0 Å². The molecule has 2 rings (SSSR count). The van der Waals surface area contributed by atoms with E-state index in [0.29, 0.717) is 17.9 Å². The summed E-state index contributed by atoms with van der Waals surface area (Å²) in [4.78, 5) is 12.0. The Labute approximate surface area is 105 Å². The lowest BCUT2D eigenvalue weighted by Crippen LogP contribution is -2.13. The molecule has 92 valence electrons. The van der Waals surface area contributed by atoms with Gasteiger partial charge in [-0.05, 0) is 42.8 Å². The van der Waals surface area contributed by atoms with Gasteiger partial charge in [0.15, 0.2) is 5.82 Å². The number of rotatable bonds is 4. The monoisotopic (exact) mass is 242 g/mol. The van der Waals surface area contributed by atoms with E-state index < -0.39 is 0 Å². The van der Waals surface area contributed by atoms with Gasteiger partial charge >= 0.3 is 0 Å². The first kappa shape index (κ1) is 12.2. The number of nitrogens with one attached hydrogen (secondary N) is 1. The van der Waals surface area contributed by atoms with Gasteiger partial charge in [-0.1, -0.05) is 12.1 Å². The van der Waals surface area contributed by atoms with Crippen molar-refractivity contribution in [2.75, 3.05) is 11.9 Å². The molecule has 0 fully saturated rings. The quantitative estimate of drug-likeness (QED) is 0.845. The highest BCUT2D eigenvalue weighted by Crippen LogP contribution is 2.08. The van der Waals surface area contributed by atoms with Gasteiger partial charge in [0.05, 0.1) is 0 Å². The van der Waals surface area contributed by atoms with Crippen molar-refractivity contribution < 1.29 is 4.79 Å². The van der Waals surface area contributed by atoms with Crippen LogP contribution >= 0.6 is 0 Å². The molecule has 0 atom stereocenters. The minimum Gasteiger partial charge on any atom is -0.330 e. The van der Waals surface area contributed by atoms with E-state index in [0.717, 1.165) is 12.0 Å². The van der Waals surface area contributed by atoms with Crippen LogP contribution in [0.3, 0.4) is 0 Å². The van der Waals surface area contributed by atoms with E-state index >= 15 is 0 Å². The number of carbonyl (C=O) groups is 1. The van der Waals surface area contributed by atoms with E-state index in [1.165, 1.54) is 0 Å². The zero-order valence-corrected chi connectivity index (χ0v) is 9.84. The molecule has 1 heterocycles. The van der Waals surface area contributed by atoms with E-state index in [1.54, 1.807) is 24.4 Å². The van der Waals surface area contributed by atoms with E-state index in [4.69, 9.17) is 5.73 Å². The highest BCUT2D eigenvalue weighted by molar-refractivity contribution is 6.03. The van der Waals surface area contributed by atoms with Crippen molar-refractivity contribution in [1.82, 2.24) is 10.2 Å². The van der Waals surface area contributed by atoms with E-state index in [9.17, 15) is 4.79 Å². The summed E-state index contributed by atoms with van der Waals surface area (Å²) in [7, 11) is 0. The second-order valence-electron chi connectivity index (χ2n) is 3.80. The van der Waals surface area contributed by atoms with Crippen molar-refractivity contribution in [3.8, 4) is 0 Å². The molecule has 1 amide bonds. The SMILES string of the molecule is NCCc1cccc(C(=O)Nc2cccnn2)c1. The average molecular weight is 242 g/mol. The highest BCUT2D eigenvalue weighted by atomic mass is 16.1. The van der Waals surface area contributed by atoms with Gasteiger partial charge < -0.3 is 11.1 Å². The Bertz CT molecular complexity index is 528. The number of hydrogen-bond donors (Lipinski definition) is 2. The number of carbonyl (C=O) groups excluding carboxylic acids is 1. The van der Waals surface area contributed by atoms with Crippen molar-refractivity contribution in [1.29, 1.82) is 0 Å². The minimum absolute atomic E-state index is 0.200. The Morgan fingerprint density at radius 3 is 2.89 bits per heavy atom. The van der Waals surface area contributed by atoms with E-state index in [2.05, 4.69) is 15.5 Å². The normalized spacial score (nSPS) is 10.1. The molecule has 18 heavy (non-hydrogen) atoms. The number of amides is 1. The zero-order chi connectivity index (χ0) is 12.8. The van der Waals surface area contributed by atoms with Crippen LogP contribution in [0.4, 0.5) is 5.82 Å². The molecule has 5 nitrogen and oxygen atoms in total. The predicted molar refractivity (Wildman–Crippen MR) is 69.2 cm³/mol. The molecule has 0 aliphatic heterocycles. The molecule has 1 aromatic carbocycles. The van der Waals surface area contributed by atoms with Crippen molar-refractivity contribution in [2.24, 2.45) is 5.73 Å². The third-order valence-electron chi connectivity index (χ3n) is 2.44. The van der Waals surface area contributed by atoms with Crippen molar-refractivity contribution in [3.05, 3.63) is 53.7 Å². The fourth-order valence-corrected chi connectivity index (χ4v) is 1.59. The maximum Gasteiger partial charge on any atom is 0.256 e. The molecule has 0 saturated carbocycles. The lowest BCUT2D eigenvalue weighted by Gasteiger charge is -2.05. The molecule has 2 aromatic rings. The van der Waals surface area contributed by atoms with Gasteiger partial charge in [-0.3, -0.25) is 4.79 Å². The maximum absolute atomic E-state index is 12.0. The smallest absolute Gasteiger partial charge is 0.256 e. The van der Waals surface area contributed by atoms with Crippen LogP contribution in [0.25, 0.3) is 0 Å². The zero-order valence-electron chi connectivity index (χ0n) is 9.84. The fourth-order valence-electron chi connectivity index (χ4n) is 1.59. The van der Waals surface area contributed by atoms with Gasteiger partial charge in [0.2, 0.25) is 0 Å². The van der Waals surface area contributed by atoms with Crippen molar-refractivity contribution in [3.63, 3.8) is 0 Å². The van der Waals surface area contributed by atoms with Crippen LogP contribution < -0.4 is 11.1 Å². The van der Waals surface area contributed by atoms with Gasteiger partial charge in [0, 0.05) is 11.8 Å². The largest absolute Gasteiger partial charge is 0.330 e. The second kappa shape index (κ2) is 5.88. The third kappa shape index (κ3) is 3.11. The molecule has 0 bridgehead atoms. The van der Waals surface area contributed by atoms with E-state index in [1.807, 2.05) is 18.2 Å². The van der Waals surface area contributed by atoms with Gasteiger partial charge in [-0.15, -0.1) is 5.10 Å². The highest BCUT2D eigenvalue weighted by Gasteiger charge is 2.07. The summed E-state index contributed by atoms with van der Waals surface area (Å²) in [6.45, 7) is 0.565. The Morgan fingerprint density at radius 2 is 2.17 bits per heavy atom. The summed E-state index contributed by atoms with van der Waals surface area (Å²) in [5.74, 6) is 0.237. The number of hydrogen-bond acceptors (Lipinski definition) is 4. The summed E-state index contributed by atoms with van der Waals surface area (Å²) >= 11 is 0. The third-order valence-corrected chi connectivity index (χ3v) is 2.44. The summed E-state index contributed by atoms with van der Waals surface area (Å²) < 4.78 is 0. The fraction of sp³-hybridized carbons (Fsp3) is 0.154. The molecule has 0 unspecified atom stereocenters. The lowest BCUT2D eigenvalue weighted by atomic mass is 10.1. The first-order valence-corrected chi connectivity index (χ1v) is 5.67. The van der Waals surface area contributed by atoms with Gasteiger partial charge in [-0.2, -0.15) is 5.10 Å². The first-order chi connectivity index (χ1) is 8.79. The Hall–Kier alpha value is -2.27. The summed E-state index contributed by atoms with van der Waals surface area (Å²) in [5.41, 5.74) is 7.13. The topological polar surface area (TPSA) is 80.9 Å². The van der Waals surface area contributed by atoms with Crippen molar-refractivity contribution in [2.45, 2.75) is 6.42 Å². The van der Waals surface area contributed by atoms with Crippen LogP contribution in [0.15, 0.2) is 42.6 Å². The van der Waals surface area contributed by atoms with Crippen LogP contribution in [0, 0.1) is 0 Å². The average Bonchev–Trinajstić information content (AvgIpc) is 2.40. The molecule has 1 aromatic heterocycles. The van der Waals surface area contributed by atoms with Gasteiger partial charge in [-0.25, -0.2) is 0 Å². The van der Waals surface area contributed by atoms with E-state index in [-0.39, 0.29) is 5.91 Å². The number of aromatic nitrogens is 2. The summed E-state index contributed by atoms with van der Waals surface area (Å²) in [6, 6.07) is 10.8. The molecule has 3 N–H and O–H groups in total. The molecular weight excluding hydrogens is 228 g/mol. The summed E-state index contributed by atoms with van der Waals surface area (Å²) in [5, 5.41) is 10.2. The van der Waals surface area contributed by atoms with Crippen LogP contribution in [-0.4, -0.2) is 22.6 Å². The standard InChI is InChI=1S/C13H14N4O/c14-7-6-10-3-1-4-11(9-10)13(18)16-12-5-2-8-15-17-12/h1-5,8-9H,6-7,14H2,(H,16,17,18). The Balaban J connectivity index is 2.11. The Morgan fingerprint density at radius 1 is 1.28 bits per heavy atom. The number of nitrogens with two attached hydrogens (primary N) is 1. The summed E-state index contributed by atoms with van der Waals surface area (Å²) in [6.07, 6.45) is 2.31. The molecule has 0 saturated heterocycles. The molecule has 0 spiro atoms. The van der Waals surface area contributed by atoms with Crippen molar-refractivity contribution >= 4 is 11.7 Å². The molecule has 0 radical (unpaired) electrons. The van der Waals surface area contributed by atoms with Crippen LogP contribution in [-0.2, 0) is 6.42 Å². The van der Waals surface area contributed by atoms with Gasteiger partial charge in [0.25, 0.3) is 5.91 Å². The minimum atomic E-state index is -0.200. The number of nitrogens with zero attached hydrogens (tertiary/aromatic N) is 2. The maximum atomic E-state index is 12.0. The molecule has 0 aliphatic rings. The first-order valence-electron chi connectivity index (χ1n) is 5.67. The van der Waals surface area contributed by atoms with Crippen LogP contribution in [0.1, 0.15) is 15.9 Å². The van der Waals surface area contributed by atoms with Gasteiger partial charge in [0.1, 0.15) is 0 Å². The lowest BCUT2D eigenvalue weighted by molar-refractivity contribution is 0.102. The second-order valence-corrected chi connectivity index (χ2v) is 3.80. The number of anilines is 1. The van der Waals surface area contributed by atoms with Crippen LogP contribution in [0.2, 0.25) is 0 Å².